The summed E-state index contributed by atoms with van der Waals surface area (Å²) in [4.78, 5) is 18.6. The van der Waals surface area contributed by atoms with E-state index in [1.807, 2.05) is 42.2 Å². The van der Waals surface area contributed by atoms with Gasteiger partial charge in [-0.15, -0.1) is 12.4 Å². The van der Waals surface area contributed by atoms with E-state index in [0.29, 0.717) is 24.5 Å². The van der Waals surface area contributed by atoms with Crippen molar-refractivity contribution in [3.8, 4) is 5.88 Å². The third kappa shape index (κ3) is 6.06. The Morgan fingerprint density at radius 2 is 2.13 bits per heavy atom. The minimum Gasteiger partial charge on any atom is -0.481 e. The predicted octanol–water partition coefficient (Wildman–Crippen LogP) is 3.44. The lowest BCUT2D eigenvalue weighted by atomic mass is 10.2. The molecule has 1 aliphatic heterocycles. The fraction of sp³-hybridized carbons (Fsp3) is 0.455. The lowest BCUT2D eigenvalue weighted by Gasteiger charge is -2.25. The zero-order valence-corrected chi connectivity index (χ0v) is 18.3. The Balaban J connectivity index is 0.00000320. The van der Waals surface area contributed by atoms with Gasteiger partial charge in [-0.2, -0.15) is 4.98 Å². The molecule has 1 aromatic carbocycles. The van der Waals surface area contributed by atoms with Crippen LogP contribution in [0.5, 0.6) is 5.88 Å². The monoisotopic (exact) mass is 436 g/mol. The van der Waals surface area contributed by atoms with Gasteiger partial charge in [0.2, 0.25) is 11.8 Å². The molecular weight excluding hydrogens is 407 g/mol. The summed E-state index contributed by atoms with van der Waals surface area (Å²) in [7, 11) is 1.51. The Hall–Kier alpha value is -2.38. The van der Waals surface area contributed by atoms with E-state index in [9.17, 15) is 9.18 Å². The number of aromatic nitrogens is 1. The molecule has 1 atom stereocenters. The molecule has 0 aliphatic carbocycles. The van der Waals surface area contributed by atoms with E-state index < -0.39 is 5.82 Å². The van der Waals surface area contributed by atoms with Gasteiger partial charge in [-0.05, 0) is 37.4 Å². The Bertz CT molecular complexity index is 816. The van der Waals surface area contributed by atoms with Crippen LogP contribution in [0.3, 0.4) is 0 Å². The molecule has 0 bridgehead atoms. The lowest BCUT2D eigenvalue weighted by Crippen LogP contribution is -2.40. The van der Waals surface area contributed by atoms with E-state index in [4.69, 9.17) is 4.74 Å². The number of nitrogens with zero attached hydrogens (tertiary/aromatic N) is 2. The molecule has 2 aromatic rings. The highest BCUT2D eigenvalue weighted by atomic mass is 35.5. The van der Waals surface area contributed by atoms with Crippen LogP contribution >= 0.6 is 12.4 Å². The van der Waals surface area contributed by atoms with Crippen molar-refractivity contribution in [1.82, 2.24) is 15.6 Å². The van der Waals surface area contributed by atoms with Gasteiger partial charge < -0.3 is 20.3 Å². The van der Waals surface area contributed by atoms with Crippen LogP contribution in [0.25, 0.3) is 0 Å². The lowest BCUT2D eigenvalue weighted by molar-refractivity contribution is -0.122. The predicted molar refractivity (Wildman–Crippen MR) is 119 cm³/mol. The number of benzene rings is 1. The third-order valence-corrected chi connectivity index (χ3v) is 5.03. The molecule has 1 fully saturated rings. The van der Waals surface area contributed by atoms with Crippen molar-refractivity contribution in [2.45, 2.75) is 45.3 Å². The van der Waals surface area contributed by atoms with Crippen LogP contribution in [0, 0.1) is 5.82 Å². The number of halogens is 2. The molecule has 8 heteroatoms. The Labute approximate surface area is 183 Å². The summed E-state index contributed by atoms with van der Waals surface area (Å²) in [6.45, 7) is 4.31. The molecule has 2 heterocycles. The first-order valence-electron chi connectivity index (χ1n) is 10.2. The maximum Gasteiger partial charge on any atom is 0.237 e. The van der Waals surface area contributed by atoms with E-state index in [1.165, 1.54) is 13.2 Å². The summed E-state index contributed by atoms with van der Waals surface area (Å²) < 4.78 is 20.4. The normalized spacial score (nSPS) is 15.4. The molecule has 1 saturated heterocycles. The summed E-state index contributed by atoms with van der Waals surface area (Å²) >= 11 is 0. The summed E-state index contributed by atoms with van der Waals surface area (Å²) in [6, 6.07) is 11.2. The van der Waals surface area contributed by atoms with Crippen molar-refractivity contribution in [1.29, 1.82) is 0 Å². The first kappa shape index (κ1) is 23.9. The molecule has 0 saturated carbocycles. The van der Waals surface area contributed by atoms with E-state index >= 15 is 0 Å². The van der Waals surface area contributed by atoms with Gasteiger partial charge in [0.05, 0.1) is 13.2 Å². The number of methoxy groups -OCH3 is 1. The van der Waals surface area contributed by atoms with Gasteiger partial charge in [-0.1, -0.05) is 37.3 Å². The van der Waals surface area contributed by atoms with Gasteiger partial charge in [0.15, 0.2) is 11.6 Å². The van der Waals surface area contributed by atoms with Gasteiger partial charge in [-0.3, -0.25) is 4.79 Å². The van der Waals surface area contributed by atoms with Crippen LogP contribution in [0.1, 0.15) is 37.3 Å². The number of pyridine rings is 1. The summed E-state index contributed by atoms with van der Waals surface area (Å²) in [5, 5.41) is 6.01. The van der Waals surface area contributed by atoms with Crippen LogP contribution in [0.2, 0.25) is 0 Å². The second-order valence-electron chi connectivity index (χ2n) is 7.24. The molecule has 1 amide bonds. The average molecular weight is 437 g/mol. The second kappa shape index (κ2) is 11.7. The Morgan fingerprint density at radius 3 is 2.77 bits per heavy atom. The maximum atomic E-state index is 15.0. The number of nitrogens with one attached hydrogen (secondary N) is 2. The van der Waals surface area contributed by atoms with Crippen molar-refractivity contribution < 1.29 is 13.9 Å². The van der Waals surface area contributed by atoms with E-state index in [2.05, 4.69) is 15.6 Å². The van der Waals surface area contributed by atoms with Gasteiger partial charge in [-0.25, -0.2) is 4.39 Å². The van der Waals surface area contributed by atoms with Crippen molar-refractivity contribution in [3.63, 3.8) is 0 Å². The number of ether oxygens (including phenoxy) is 1. The molecule has 30 heavy (non-hydrogen) atoms. The highest BCUT2D eigenvalue weighted by Crippen LogP contribution is 2.26. The summed E-state index contributed by atoms with van der Waals surface area (Å²) in [6.07, 6.45) is 2.67. The molecule has 164 valence electrons. The average Bonchev–Trinajstić information content (AvgIpc) is 3.27. The zero-order chi connectivity index (χ0) is 20.6. The van der Waals surface area contributed by atoms with Crippen molar-refractivity contribution in [3.05, 3.63) is 53.3 Å². The number of anilines is 1. The first-order chi connectivity index (χ1) is 14.1. The van der Waals surface area contributed by atoms with Crippen LogP contribution in [-0.4, -0.2) is 37.1 Å². The van der Waals surface area contributed by atoms with E-state index in [1.54, 1.807) is 0 Å². The summed E-state index contributed by atoms with van der Waals surface area (Å²) in [5.41, 5.74) is 1.61. The maximum absolute atomic E-state index is 15.0. The van der Waals surface area contributed by atoms with Gasteiger partial charge in [0, 0.05) is 25.2 Å². The fourth-order valence-corrected chi connectivity index (χ4v) is 3.57. The first-order valence-corrected chi connectivity index (χ1v) is 10.2. The number of hydrogen-bond acceptors (Lipinski definition) is 5. The number of amides is 1. The largest absolute Gasteiger partial charge is 0.481 e. The van der Waals surface area contributed by atoms with Crippen LogP contribution in [0.15, 0.2) is 36.4 Å². The fourth-order valence-electron chi connectivity index (χ4n) is 3.57. The number of rotatable bonds is 9. The van der Waals surface area contributed by atoms with Gasteiger partial charge >= 0.3 is 0 Å². The minimum absolute atomic E-state index is 0. The van der Waals surface area contributed by atoms with Crippen LogP contribution in [0.4, 0.5) is 10.2 Å². The molecule has 1 aromatic heterocycles. The number of carbonyl (C=O) groups is 1. The topological polar surface area (TPSA) is 66.5 Å². The molecule has 3 rings (SSSR count). The Kier molecular flexibility index (Phi) is 9.33. The Morgan fingerprint density at radius 1 is 1.37 bits per heavy atom. The van der Waals surface area contributed by atoms with Crippen molar-refractivity contribution in [2.24, 2.45) is 0 Å². The zero-order valence-electron chi connectivity index (χ0n) is 17.5. The van der Waals surface area contributed by atoms with E-state index in [0.717, 1.165) is 31.4 Å². The second-order valence-corrected chi connectivity index (χ2v) is 7.24. The molecule has 1 aliphatic rings. The number of hydrogen-bond donors (Lipinski definition) is 2. The summed E-state index contributed by atoms with van der Waals surface area (Å²) in [5.74, 6) is 0.0967. The molecule has 6 nitrogen and oxygen atoms in total. The minimum atomic E-state index is -0.418. The molecule has 1 unspecified atom stereocenters. The SMILES string of the molecule is CCCN(Cc1ccccc1)c1nc(OC)c(CNC(=O)C2CCCN2)cc1F.Cl. The number of carbonyl (C=O) groups excluding carboxylic acids is 1. The van der Waals surface area contributed by atoms with Crippen LogP contribution in [-0.2, 0) is 17.9 Å². The standard InChI is InChI=1S/C22H29FN4O2.ClH/c1-3-12-27(15-16-8-5-4-6-9-16)20-18(23)13-17(22(26-20)29-2)14-25-21(28)19-10-7-11-24-19;/h4-6,8-9,13,19,24H,3,7,10-12,14-15H2,1-2H3,(H,25,28);1H. The molecule has 0 radical (unpaired) electrons. The van der Waals surface area contributed by atoms with Gasteiger partial charge in [0.25, 0.3) is 0 Å². The third-order valence-electron chi connectivity index (χ3n) is 5.03. The molecular formula is C22H30ClFN4O2. The van der Waals surface area contributed by atoms with E-state index in [-0.39, 0.29) is 36.7 Å². The van der Waals surface area contributed by atoms with Gasteiger partial charge in [0.1, 0.15) is 0 Å². The van der Waals surface area contributed by atoms with Crippen molar-refractivity contribution in [2.75, 3.05) is 25.1 Å². The van der Waals surface area contributed by atoms with Crippen LogP contribution < -0.4 is 20.3 Å². The smallest absolute Gasteiger partial charge is 0.237 e. The molecule has 0 spiro atoms. The molecule has 2 N–H and O–H groups in total. The quantitative estimate of drug-likeness (QED) is 0.630. The highest BCUT2D eigenvalue weighted by molar-refractivity contribution is 5.85. The highest BCUT2D eigenvalue weighted by Gasteiger charge is 2.23. The van der Waals surface area contributed by atoms with Crippen molar-refractivity contribution >= 4 is 24.1 Å².